The van der Waals surface area contributed by atoms with Gasteiger partial charge in [-0.3, -0.25) is 0 Å². The van der Waals surface area contributed by atoms with Gasteiger partial charge in [0.25, 0.3) is 0 Å². The Hall–Kier alpha value is -1.77. The third-order valence-corrected chi connectivity index (χ3v) is 1.93. The molecule has 0 saturated carbocycles. The lowest BCUT2D eigenvalue weighted by Crippen LogP contribution is -1.89. The van der Waals surface area contributed by atoms with Crippen LogP contribution in [0.5, 0.6) is 0 Å². The number of benzene rings is 1. The number of hydrogen-bond donors (Lipinski definition) is 1. The number of nitrogens with zero attached hydrogens (tertiary/aromatic N) is 1. The zero-order chi connectivity index (χ0) is 9.26. The lowest BCUT2D eigenvalue weighted by molar-refractivity contribution is 0.318. The molecule has 0 spiro atoms. The second-order valence-corrected chi connectivity index (χ2v) is 2.83. The lowest BCUT2D eigenvalue weighted by atomic mass is 10.2. The van der Waals surface area contributed by atoms with Gasteiger partial charge in [-0.05, 0) is 19.1 Å². The molecule has 0 bridgehead atoms. The molecule has 0 saturated heterocycles. The van der Waals surface area contributed by atoms with Crippen LogP contribution in [0.4, 0.5) is 0 Å². The Bertz CT molecular complexity index is 424. The van der Waals surface area contributed by atoms with Crippen LogP contribution in [-0.2, 0) is 0 Å². The monoisotopic (exact) mass is 175 g/mol. The van der Waals surface area contributed by atoms with Gasteiger partial charge >= 0.3 is 0 Å². The first kappa shape index (κ1) is 7.86. The van der Waals surface area contributed by atoms with Crippen LogP contribution in [0.1, 0.15) is 12.7 Å². The highest BCUT2D eigenvalue weighted by atomic mass is 16.4. The summed E-state index contributed by atoms with van der Waals surface area (Å²) in [5, 5.41) is 12.6. The quantitative estimate of drug-likeness (QED) is 0.411. The summed E-state index contributed by atoms with van der Waals surface area (Å²) >= 11 is 0. The molecule has 0 fully saturated rings. The van der Waals surface area contributed by atoms with E-state index in [2.05, 4.69) is 5.16 Å². The second-order valence-electron chi connectivity index (χ2n) is 2.83. The molecule has 0 aliphatic rings. The Balaban J connectivity index is 2.62. The van der Waals surface area contributed by atoms with Crippen LogP contribution in [0.25, 0.3) is 11.0 Å². The van der Waals surface area contributed by atoms with E-state index in [1.165, 1.54) is 0 Å². The molecule has 1 N–H and O–H groups in total. The molecule has 1 heterocycles. The van der Waals surface area contributed by atoms with Crippen LogP contribution < -0.4 is 0 Å². The summed E-state index contributed by atoms with van der Waals surface area (Å²) in [7, 11) is 0. The van der Waals surface area contributed by atoms with Crippen molar-refractivity contribution in [1.29, 1.82) is 0 Å². The molecule has 0 atom stereocenters. The summed E-state index contributed by atoms with van der Waals surface area (Å²) < 4.78 is 5.43. The SMILES string of the molecule is C/C(=N\O)c1cc2ccccc2o1. The first-order valence-electron chi connectivity index (χ1n) is 3.99. The Kier molecular flexibility index (Phi) is 1.77. The van der Waals surface area contributed by atoms with Gasteiger partial charge in [0.05, 0.1) is 0 Å². The normalized spacial score (nSPS) is 12.2. The minimum Gasteiger partial charge on any atom is -0.455 e. The molecule has 2 rings (SSSR count). The molecule has 1 aromatic heterocycles. The van der Waals surface area contributed by atoms with E-state index in [9.17, 15) is 0 Å². The third-order valence-electron chi connectivity index (χ3n) is 1.93. The van der Waals surface area contributed by atoms with Crippen molar-refractivity contribution in [2.45, 2.75) is 6.92 Å². The summed E-state index contributed by atoms with van der Waals surface area (Å²) in [6, 6.07) is 9.52. The largest absolute Gasteiger partial charge is 0.455 e. The van der Waals surface area contributed by atoms with Gasteiger partial charge in [-0.1, -0.05) is 23.4 Å². The van der Waals surface area contributed by atoms with Crippen molar-refractivity contribution in [2.75, 3.05) is 0 Å². The molecule has 3 nitrogen and oxygen atoms in total. The third kappa shape index (κ3) is 1.28. The molecule has 0 amide bonds. The maximum Gasteiger partial charge on any atom is 0.152 e. The standard InChI is InChI=1S/C10H9NO2/c1-7(11-12)10-6-8-4-2-3-5-9(8)13-10/h2-6,12H,1H3/b11-7+. The molecule has 13 heavy (non-hydrogen) atoms. The molecular weight excluding hydrogens is 166 g/mol. The van der Waals surface area contributed by atoms with Crippen molar-refractivity contribution in [2.24, 2.45) is 5.16 Å². The van der Waals surface area contributed by atoms with Crippen LogP contribution >= 0.6 is 0 Å². The minimum atomic E-state index is 0.483. The number of hydrogen-bond acceptors (Lipinski definition) is 3. The summed E-state index contributed by atoms with van der Waals surface area (Å²) in [5.74, 6) is 0.601. The highest BCUT2D eigenvalue weighted by molar-refractivity contribution is 5.99. The van der Waals surface area contributed by atoms with E-state index in [1.807, 2.05) is 30.3 Å². The fraction of sp³-hybridized carbons (Fsp3) is 0.100. The van der Waals surface area contributed by atoms with Crippen LogP contribution in [0.2, 0.25) is 0 Å². The zero-order valence-corrected chi connectivity index (χ0v) is 7.19. The van der Waals surface area contributed by atoms with E-state index in [1.54, 1.807) is 6.92 Å². The molecule has 0 unspecified atom stereocenters. The fourth-order valence-corrected chi connectivity index (χ4v) is 1.21. The van der Waals surface area contributed by atoms with Gasteiger partial charge in [0.2, 0.25) is 0 Å². The van der Waals surface area contributed by atoms with Crippen molar-refractivity contribution in [1.82, 2.24) is 0 Å². The number of rotatable bonds is 1. The Morgan fingerprint density at radius 3 is 2.85 bits per heavy atom. The molecule has 0 aliphatic heterocycles. The minimum absolute atomic E-state index is 0.483. The highest BCUT2D eigenvalue weighted by Gasteiger charge is 2.05. The van der Waals surface area contributed by atoms with Gasteiger partial charge in [-0.15, -0.1) is 0 Å². The van der Waals surface area contributed by atoms with Gasteiger partial charge in [0, 0.05) is 5.39 Å². The summed E-state index contributed by atoms with van der Waals surface area (Å²) in [6.07, 6.45) is 0. The van der Waals surface area contributed by atoms with E-state index in [-0.39, 0.29) is 0 Å². The van der Waals surface area contributed by atoms with Gasteiger partial charge in [0.1, 0.15) is 11.3 Å². The zero-order valence-electron chi connectivity index (χ0n) is 7.19. The van der Waals surface area contributed by atoms with Crippen LogP contribution in [-0.4, -0.2) is 10.9 Å². The van der Waals surface area contributed by atoms with Crippen LogP contribution in [0.15, 0.2) is 39.9 Å². The summed E-state index contributed by atoms with van der Waals surface area (Å²) in [5.41, 5.74) is 1.29. The van der Waals surface area contributed by atoms with E-state index in [0.717, 1.165) is 11.0 Å². The van der Waals surface area contributed by atoms with Gasteiger partial charge in [0.15, 0.2) is 5.76 Å². The van der Waals surface area contributed by atoms with Crippen molar-refractivity contribution >= 4 is 16.7 Å². The van der Waals surface area contributed by atoms with Crippen LogP contribution in [0, 0.1) is 0 Å². The first-order chi connectivity index (χ1) is 6.31. The average molecular weight is 175 g/mol. The fourth-order valence-electron chi connectivity index (χ4n) is 1.21. The van der Waals surface area contributed by atoms with Crippen molar-refractivity contribution in [3.05, 3.63) is 36.1 Å². The van der Waals surface area contributed by atoms with E-state index >= 15 is 0 Å². The maximum atomic E-state index is 8.54. The van der Waals surface area contributed by atoms with E-state index in [0.29, 0.717) is 11.5 Å². The summed E-state index contributed by atoms with van der Waals surface area (Å²) in [6.45, 7) is 1.69. The topological polar surface area (TPSA) is 45.7 Å². The molecule has 2 aromatic rings. The van der Waals surface area contributed by atoms with Gasteiger partial charge < -0.3 is 9.62 Å². The first-order valence-corrected chi connectivity index (χ1v) is 3.99. The highest BCUT2D eigenvalue weighted by Crippen LogP contribution is 2.18. The van der Waals surface area contributed by atoms with E-state index in [4.69, 9.17) is 9.62 Å². The van der Waals surface area contributed by atoms with Crippen molar-refractivity contribution in [3.8, 4) is 0 Å². The molecule has 0 radical (unpaired) electrons. The Morgan fingerprint density at radius 2 is 2.15 bits per heavy atom. The maximum absolute atomic E-state index is 8.54. The van der Waals surface area contributed by atoms with Gasteiger partial charge in [-0.2, -0.15) is 0 Å². The second kappa shape index (κ2) is 2.94. The Morgan fingerprint density at radius 1 is 1.38 bits per heavy atom. The smallest absolute Gasteiger partial charge is 0.152 e. The number of fused-ring (bicyclic) bond motifs is 1. The molecule has 1 aromatic carbocycles. The van der Waals surface area contributed by atoms with E-state index < -0.39 is 0 Å². The molecular formula is C10H9NO2. The number of oxime groups is 1. The lowest BCUT2D eigenvalue weighted by Gasteiger charge is -1.88. The number of furan rings is 1. The predicted octanol–water partition coefficient (Wildman–Crippen LogP) is 2.63. The average Bonchev–Trinajstić information content (AvgIpc) is 2.59. The predicted molar refractivity (Wildman–Crippen MR) is 50.2 cm³/mol. The Labute approximate surface area is 75.3 Å². The van der Waals surface area contributed by atoms with Crippen molar-refractivity contribution in [3.63, 3.8) is 0 Å². The molecule has 66 valence electrons. The van der Waals surface area contributed by atoms with Crippen LogP contribution in [0.3, 0.4) is 0 Å². The molecule has 3 heteroatoms. The number of para-hydroxylation sites is 1. The summed E-state index contributed by atoms with van der Waals surface area (Å²) in [4.78, 5) is 0. The van der Waals surface area contributed by atoms with Crippen molar-refractivity contribution < 1.29 is 9.62 Å². The molecule has 0 aliphatic carbocycles. The van der Waals surface area contributed by atoms with Gasteiger partial charge in [-0.25, -0.2) is 0 Å².